The number of aliphatic hydroxyl groups is 2. The van der Waals surface area contributed by atoms with Gasteiger partial charge in [-0.25, -0.2) is 0 Å². The molecule has 0 aliphatic heterocycles. The number of hydrogen-bond donors (Lipinski definition) is 3. The number of benzene rings is 1. The summed E-state index contributed by atoms with van der Waals surface area (Å²) in [5.74, 6) is -1.48. The molecule has 0 bridgehead atoms. The first kappa shape index (κ1) is 31.3. The number of allylic oxidation sites excluding steroid dienone is 2. The van der Waals surface area contributed by atoms with Gasteiger partial charge in [-0.15, -0.1) is 10.1 Å². The molecule has 1 aromatic carbocycles. The van der Waals surface area contributed by atoms with Gasteiger partial charge in [-0.2, -0.15) is 0 Å². The Morgan fingerprint density at radius 3 is 2.67 bits per heavy atom. The molecular weight excluding hydrogens is 516 g/mol. The fraction of sp³-hybridized carbons (Fsp3) is 0.600. The first-order valence-electron chi connectivity index (χ1n) is 14.3. The van der Waals surface area contributed by atoms with Crippen molar-refractivity contribution in [2.45, 2.75) is 76.6 Å². The molecule has 0 spiro atoms. The summed E-state index contributed by atoms with van der Waals surface area (Å²) in [6, 6.07) is 9.84. The molecule has 2 fully saturated rings. The standard InChI is InChI=1S/C30H42N2O8/c1-2-31-29(35)13-9-4-3-8-12-24-25(28(34)19-27(24)33)17-16-23(15-14-21-10-6-5-7-11-21)40-30(36)26-18-22(26)20-39-32(37)38/h3,5-8,10-11,16-17,22-28,33-34H,2,4,9,12-15,18-20H2,1H3,(H,31,35)/t22-,23+,24-,25-,26?,27+,28-/m1/s1. The van der Waals surface area contributed by atoms with Crippen molar-refractivity contribution < 1.29 is 34.5 Å². The van der Waals surface area contributed by atoms with Gasteiger partial charge in [0.25, 0.3) is 5.09 Å². The molecule has 1 amide bonds. The monoisotopic (exact) mass is 558 g/mol. The molecule has 2 saturated carbocycles. The summed E-state index contributed by atoms with van der Waals surface area (Å²) in [6.07, 6.45) is 10.3. The Morgan fingerprint density at radius 2 is 1.95 bits per heavy atom. The van der Waals surface area contributed by atoms with Crippen molar-refractivity contribution in [3.63, 3.8) is 0 Å². The molecule has 7 atom stereocenters. The molecule has 2 aliphatic rings. The molecule has 2 aliphatic carbocycles. The molecule has 40 heavy (non-hydrogen) atoms. The van der Waals surface area contributed by atoms with Crippen molar-refractivity contribution in [3.05, 3.63) is 70.3 Å². The van der Waals surface area contributed by atoms with Gasteiger partial charge in [-0.3, -0.25) is 9.59 Å². The maximum Gasteiger partial charge on any atom is 0.309 e. The third-order valence-electron chi connectivity index (χ3n) is 7.63. The van der Waals surface area contributed by atoms with E-state index < -0.39 is 35.3 Å². The van der Waals surface area contributed by atoms with Crippen molar-refractivity contribution in [1.29, 1.82) is 0 Å². The number of nitrogens with one attached hydrogen (secondary N) is 1. The average Bonchev–Trinajstić information content (AvgIpc) is 3.66. The number of ether oxygens (including phenoxy) is 1. The normalized spacial score (nSPS) is 26.6. The topological polar surface area (TPSA) is 148 Å². The van der Waals surface area contributed by atoms with Gasteiger partial charge >= 0.3 is 5.97 Å². The number of amides is 1. The van der Waals surface area contributed by atoms with E-state index in [1.807, 2.05) is 55.5 Å². The van der Waals surface area contributed by atoms with Gasteiger partial charge in [0.2, 0.25) is 5.91 Å². The number of carbonyl (C=O) groups is 2. The number of aliphatic hydroxyl groups excluding tert-OH is 2. The molecule has 10 nitrogen and oxygen atoms in total. The molecule has 3 rings (SSSR count). The van der Waals surface area contributed by atoms with Crippen LogP contribution in [0.25, 0.3) is 0 Å². The predicted molar refractivity (Wildman–Crippen MR) is 148 cm³/mol. The molecule has 1 unspecified atom stereocenters. The second-order valence-corrected chi connectivity index (χ2v) is 10.7. The second-order valence-electron chi connectivity index (χ2n) is 10.7. The Morgan fingerprint density at radius 1 is 1.18 bits per heavy atom. The molecule has 0 aromatic heterocycles. The summed E-state index contributed by atoms with van der Waals surface area (Å²) >= 11 is 0. The van der Waals surface area contributed by atoms with E-state index in [-0.39, 0.29) is 36.7 Å². The molecule has 0 radical (unpaired) electrons. The number of hydrogen-bond acceptors (Lipinski definition) is 8. The minimum Gasteiger partial charge on any atom is -0.458 e. The van der Waals surface area contributed by atoms with Crippen LogP contribution in [0.1, 0.15) is 57.4 Å². The van der Waals surface area contributed by atoms with Gasteiger partial charge in [0.05, 0.1) is 18.1 Å². The zero-order valence-electron chi connectivity index (χ0n) is 23.1. The molecule has 0 saturated heterocycles. The third kappa shape index (κ3) is 10.4. The maximum atomic E-state index is 12.8. The number of esters is 1. The van der Waals surface area contributed by atoms with E-state index in [1.165, 1.54) is 0 Å². The summed E-state index contributed by atoms with van der Waals surface area (Å²) in [5, 5.41) is 33.6. The van der Waals surface area contributed by atoms with Gasteiger partial charge in [0.15, 0.2) is 0 Å². The van der Waals surface area contributed by atoms with E-state index in [0.29, 0.717) is 38.6 Å². The van der Waals surface area contributed by atoms with Crippen LogP contribution in [0.4, 0.5) is 0 Å². The summed E-state index contributed by atoms with van der Waals surface area (Å²) < 4.78 is 5.81. The predicted octanol–water partition coefficient (Wildman–Crippen LogP) is 3.54. The van der Waals surface area contributed by atoms with Crippen molar-refractivity contribution in [2.75, 3.05) is 13.2 Å². The molecule has 220 valence electrons. The van der Waals surface area contributed by atoms with Crippen LogP contribution in [0, 0.1) is 33.8 Å². The van der Waals surface area contributed by atoms with Crippen LogP contribution in [0.2, 0.25) is 0 Å². The highest BCUT2D eigenvalue weighted by molar-refractivity contribution is 5.76. The Balaban J connectivity index is 1.58. The number of aryl methyl sites for hydroxylation is 1. The zero-order valence-corrected chi connectivity index (χ0v) is 23.1. The summed E-state index contributed by atoms with van der Waals surface area (Å²) in [6.45, 7) is 2.39. The first-order valence-corrected chi connectivity index (χ1v) is 14.3. The minimum absolute atomic E-state index is 0.0417. The van der Waals surface area contributed by atoms with Crippen LogP contribution < -0.4 is 5.32 Å². The molecule has 1 aromatic rings. The zero-order chi connectivity index (χ0) is 28.9. The van der Waals surface area contributed by atoms with Crippen molar-refractivity contribution in [2.24, 2.45) is 23.7 Å². The Bertz CT molecular complexity index is 1010. The summed E-state index contributed by atoms with van der Waals surface area (Å²) in [5.41, 5.74) is 1.10. The van der Waals surface area contributed by atoms with Crippen LogP contribution in [-0.2, 0) is 25.6 Å². The molecule has 0 heterocycles. The van der Waals surface area contributed by atoms with E-state index in [4.69, 9.17) is 4.74 Å². The molecule has 10 heteroatoms. The SMILES string of the molecule is CCNC(=O)CCCC=CC[C@@H]1[C@@H](C=C[C@H](CCc2ccccc2)OC(=O)C2C[C@@H]2CO[N+](=O)[O-])[C@H](O)C[C@@H]1O. The average molecular weight is 559 g/mol. The van der Waals surface area contributed by atoms with Gasteiger partial charge in [0.1, 0.15) is 12.7 Å². The van der Waals surface area contributed by atoms with E-state index in [0.717, 1.165) is 18.4 Å². The largest absolute Gasteiger partial charge is 0.458 e. The fourth-order valence-electron chi connectivity index (χ4n) is 5.26. The van der Waals surface area contributed by atoms with Gasteiger partial charge < -0.3 is 25.1 Å². The van der Waals surface area contributed by atoms with Gasteiger partial charge in [0, 0.05) is 25.3 Å². The smallest absolute Gasteiger partial charge is 0.309 e. The lowest BCUT2D eigenvalue weighted by Gasteiger charge is -2.21. The minimum atomic E-state index is -0.856. The van der Waals surface area contributed by atoms with Crippen molar-refractivity contribution in [3.8, 4) is 0 Å². The lowest BCUT2D eigenvalue weighted by molar-refractivity contribution is -0.758. The second kappa shape index (κ2) is 16.1. The van der Waals surface area contributed by atoms with Crippen LogP contribution >= 0.6 is 0 Å². The lowest BCUT2D eigenvalue weighted by atomic mass is 9.89. The van der Waals surface area contributed by atoms with E-state index >= 15 is 0 Å². The van der Waals surface area contributed by atoms with E-state index in [2.05, 4.69) is 10.2 Å². The Labute approximate surface area is 235 Å². The fourth-order valence-corrected chi connectivity index (χ4v) is 5.26. The van der Waals surface area contributed by atoms with Crippen LogP contribution in [0.3, 0.4) is 0 Å². The molecular formula is C30H42N2O8. The number of carbonyl (C=O) groups excluding carboxylic acids is 2. The number of unbranched alkanes of at least 4 members (excludes halogenated alkanes) is 1. The quantitative estimate of drug-likeness (QED) is 0.0865. The molecule has 3 N–H and O–H groups in total. The number of rotatable bonds is 17. The third-order valence-corrected chi connectivity index (χ3v) is 7.63. The van der Waals surface area contributed by atoms with Gasteiger partial charge in [-0.05, 0) is 68.9 Å². The maximum absolute atomic E-state index is 12.8. The van der Waals surface area contributed by atoms with Crippen LogP contribution in [0.5, 0.6) is 0 Å². The van der Waals surface area contributed by atoms with Crippen molar-refractivity contribution in [1.82, 2.24) is 5.32 Å². The van der Waals surface area contributed by atoms with Crippen molar-refractivity contribution >= 4 is 11.9 Å². The van der Waals surface area contributed by atoms with E-state index in [9.17, 15) is 29.9 Å². The number of nitrogens with zero attached hydrogens (tertiary/aromatic N) is 1. The van der Waals surface area contributed by atoms with Crippen LogP contribution in [-0.4, -0.2) is 58.6 Å². The Kier molecular flexibility index (Phi) is 12.6. The van der Waals surface area contributed by atoms with E-state index in [1.54, 1.807) is 6.08 Å². The highest BCUT2D eigenvalue weighted by atomic mass is 16.9. The van der Waals surface area contributed by atoms with Gasteiger partial charge in [-0.1, -0.05) is 48.6 Å². The highest BCUT2D eigenvalue weighted by Gasteiger charge is 2.45. The lowest BCUT2D eigenvalue weighted by Crippen LogP contribution is -2.22. The summed E-state index contributed by atoms with van der Waals surface area (Å²) in [4.78, 5) is 39.2. The van der Waals surface area contributed by atoms with Crippen LogP contribution in [0.15, 0.2) is 54.6 Å². The Hall–Kier alpha value is -3.24. The highest BCUT2D eigenvalue weighted by Crippen LogP contribution is 2.40. The summed E-state index contributed by atoms with van der Waals surface area (Å²) in [7, 11) is 0. The first-order chi connectivity index (χ1) is 19.3.